The minimum Gasteiger partial charge on any atom is -0.455 e. The van der Waals surface area contributed by atoms with Crippen molar-refractivity contribution < 1.29 is 18.7 Å². The number of halogens is 1. The van der Waals surface area contributed by atoms with Gasteiger partial charge in [0.25, 0.3) is 5.91 Å². The molecule has 2 rings (SSSR count). The number of benzene rings is 1. The molecule has 0 aromatic heterocycles. The van der Waals surface area contributed by atoms with Crippen LogP contribution >= 0.6 is 0 Å². The number of hydrogen-bond donors (Lipinski definition) is 1. The van der Waals surface area contributed by atoms with E-state index in [9.17, 15) is 14.0 Å². The van der Waals surface area contributed by atoms with Gasteiger partial charge in [0.15, 0.2) is 6.61 Å². The van der Waals surface area contributed by atoms with Gasteiger partial charge in [-0.1, -0.05) is 6.92 Å². The first-order chi connectivity index (χ1) is 8.56. The summed E-state index contributed by atoms with van der Waals surface area (Å²) in [6.45, 7) is 1.66. The number of hydrogen-bond acceptors (Lipinski definition) is 3. The number of ether oxygens (including phenoxy) is 1. The Morgan fingerprint density at radius 2 is 2.00 bits per heavy atom. The molecule has 5 heteroatoms. The molecule has 1 saturated carbocycles. The van der Waals surface area contributed by atoms with Gasteiger partial charge in [0.2, 0.25) is 0 Å². The zero-order chi connectivity index (χ0) is 13.1. The van der Waals surface area contributed by atoms with Crippen molar-refractivity contribution >= 4 is 17.6 Å². The van der Waals surface area contributed by atoms with Crippen LogP contribution in [0.2, 0.25) is 0 Å². The van der Waals surface area contributed by atoms with Gasteiger partial charge in [0.05, 0.1) is 5.92 Å². The molecule has 0 saturated heterocycles. The van der Waals surface area contributed by atoms with Crippen molar-refractivity contribution in [3.8, 4) is 0 Å². The summed E-state index contributed by atoms with van der Waals surface area (Å²) in [4.78, 5) is 22.8. The fourth-order valence-electron chi connectivity index (χ4n) is 1.62. The molecule has 0 aliphatic heterocycles. The number of rotatable bonds is 4. The summed E-state index contributed by atoms with van der Waals surface area (Å²) in [7, 11) is 0. The van der Waals surface area contributed by atoms with Crippen LogP contribution < -0.4 is 5.32 Å². The topological polar surface area (TPSA) is 55.4 Å². The predicted octanol–water partition coefficient (Wildman–Crippen LogP) is 1.96. The molecule has 96 valence electrons. The SMILES string of the molecule is C[C@H]1C[C@@H]1C(=O)OCC(=O)Nc1ccc(F)cc1. The minimum absolute atomic E-state index is 0.0522. The van der Waals surface area contributed by atoms with Crippen LogP contribution in [0.4, 0.5) is 10.1 Å². The molecule has 1 aromatic rings. The lowest BCUT2D eigenvalue weighted by Crippen LogP contribution is -2.21. The third-order valence-corrected chi connectivity index (χ3v) is 2.89. The zero-order valence-corrected chi connectivity index (χ0v) is 9.98. The van der Waals surface area contributed by atoms with Crippen molar-refractivity contribution in [2.24, 2.45) is 11.8 Å². The summed E-state index contributed by atoms with van der Waals surface area (Å²) in [6.07, 6.45) is 0.832. The second kappa shape index (κ2) is 5.16. The molecule has 18 heavy (non-hydrogen) atoms. The average Bonchev–Trinajstić information content (AvgIpc) is 3.06. The normalized spacial score (nSPS) is 21.2. The van der Waals surface area contributed by atoms with Crippen LogP contribution in [0.25, 0.3) is 0 Å². The summed E-state index contributed by atoms with van der Waals surface area (Å²) in [5, 5.41) is 2.51. The maximum absolute atomic E-state index is 12.6. The first-order valence-corrected chi connectivity index (χ1v) is 5.78. The van der Waals surface area contributed by atoms with E-state index in [2.05, 4.69) is 5.32 Å². The van der Waals surface area contributed by atoms with Gasteiger partial charge in [0, 0.05) is 5.69 Å². The molecular formula is C13H14FNO3. The van der Waals surface area contributed by atoms with E-state index in [1.807, 2.05) is 6.92 Å². The van der Waals surface area contributed by atoms with Crippen molar-refractivity contribution in [3.63, 3.8) is 0 Å². The van der Waals surface area contributed by atoms with Gasteiger partial charge in [-0.05, 0) is 36.6 Å². The Morgan fingerprint density at radius 3 is 2.56 bits per heavy atom. The summed E-state index contributed by atoms with van der Waals surface area (Å²) >= 11 is 0. The molecule has 1 aromatic carbocycles. The molecule has 1 aliphatic rings. The number of esters is 1. The van der Waals surface area contributed by atoms with Gasteiger partial charge in [0.1, 0.15) is 5.82 Å². The van der Waals surface area contributed by atoms with Crippen molar-refractivity contribution in [1.82, 2.24) is 0 Å². The summed E-state index contributed by atoms with van der Waals surface area (Å²) < 4.78 is 17.5. The molecule has 0 radical (unpaired) electrons. The lowest BCUT2D eigenvalue weighted by atomic mass is 10.3. The fourth-order valence-corrected chi connectivity index (χ4v) is 1.62. The van der Waals surface area contributed by atoms with Crippen molar-refractivity contribution in [1.29, 1.82) is 0 Å². The Bertz CT molecular complexity index is 458. The third kappa shape index (κ3) is 3.29. The third-order valence-electron chi connectivity index (χ3n) is 2.89. The molecular weight excluding hydrogens is 237 g/mol. The lowest BCUT2D eigenvalue weighted by Gasteiger charge is -2.06. The van der Waals surface area contributed by atoms with Crippen molar-refractivity contribution in [2.75, 3.05) is 11.9 Å². The van der Waals surface area contributed by atoms with Gasteiger partial charge in [-0.2, -0.15) is 0 Å². The molecule has 0 heterocycles. The fraction of sp³-hybridized carbons (Fsp3) is 0.385. The second-order valence-corrected chi connectivity index (χ2v) is 4.48. The summed E-state index contributed by atoms with van der Waals surface area (Å²) in [5.41, 5.74) is 0.470. The highest BCUT2D eigenvalue weighted by Crippen LogP contribution is 2.38. The number of carbonyl (C=O) groups excluding carboxylic acids is 2. The van der Waals surface area contributed by atoms with Crippen LogP contribution in [0.5, 0.6) is 0 Å². The van der Waals surface area contributed by atoms with E-state index in [0.29, 0.717) is 11.6 Å². The van der Waals surface area contributed by atoms with Gasteiger partial charge in [-0.15, -0.1) is 0 Å². The number of carbonyl (C=O) groups is 2. The van der Waals surface area contributed by atoms with Gasteiger partial charge in [-0.25, -0.2) is 4.39 Å². The maximum atomic E-state index is 12.6. The molecule has 1 fully saturated rings. The molecule has 0 bridgehead atoms. The van der Waals surface area contributed by atoms with Crippen LogP contribution in [0.15, 0.2) is 24.3 Å². The van der Waals surface area contributed by atoms with E-state index in [1.54, 1.807) is 0 Å². The molecule has 1 aliphatic carbocycles. The van der Waals surface area contributed by atoms with Crippen molar-refractivity contribution in [3.05, 3.63) is 30.1 Å². The van der Waals surface area contributed by atoms with Gasteiger partial charge >= 0.3 is 5.97 Å². The highest BCUT2D eigenvalue weighted by atomic mass is 19.1. The Hall–Kier alpha value is -1.91. The summed E-state index contributed by atoms with van der Waals surface area (Å²) in [6, 6.07) is 5.37. The monoisotopic (exact) mass is 251 g/mol. The Morgan fingerprint density at radius 1 is 1.39 bits per heavy atom. The molecule has 4 nitrogen and oxygen atoms in total. The number of anilines is 1. The van der Waals surface area contributed by atoms with Crippen LogP contribution in [0.3, 0.4) is 0 Å². The van der Waals surface area contributed by atoms with E-state index in [-0.39, 0.29) is 24.3 Å². The number of amides is 1. The Labute approximate surface area is 104 Å². The van der Waals surface area contributed by atoms with Crippen LogP contribution in [-0.4, -0.2) is 18.5 Å². The van der Waals surface area contributed by atoms with E-state index >= 15 is 0 Å². The van der Waals surface area contributed by atoms with E-state index in [0.717, 1.165) is 6.42 Å². The van der Waals surface area contributed by atoms with Crippen LogP contribution in [-0.2, 0) is 14.3 Å². The maximum Gasteiger partial charge on any atom is 0.309 e. The van der Waals surface area contributed by atoms with E-state index in [1.165, 1.54) is 24.3 Å². The largest absolute Gasteiger partial charge is 0.455 e. The zero-order valence-electron chi connectivity index (χ0n) is 9.98. The lowest BCUT2D eigenvalue weighted by molar-refractivity contribution is -0.148. The van der Waals surface area contributed by atoms with E-state index < -0.39 is 5.91 Å². The smallest absolute Gasteiger partial charge is 0.309 e. The standard InChI is InChI=1S/C13H14FNO3/c1-8-6-11(8)13(17)18-7-12(16)15-10-4-2-9(14)3-5-10/h2-5,8,11H,6-7H2,1H3,(H,15,16)/t8-,11-/m0/s1. The number of nitrogens with one attached hydrogen (secondary N) is 1. The molecule has 0 spiro atoms. The van der Waals surface area contributed by atoms with Gasteiger partial charge in [-0.3, -0.25) is 9.59 Å². The highest BCUT2D eigenvalue weighted by molar-refractivity contribution is 5.93. The average molecular weight is 251 g/mol. The predicted molar refractivity (Wildman–Crippen MR) is 63.3 cm³/mol. The molecule has 1 N–H and O–H groups in total. The van der Waals surface area contributed by atoms with Crippen LogP contribution in [0.1, 0.15) is 13.3 Å². The summed E-state index contributed by atoms with van der Waals surface area (Å²) in [5.74, 6) is -0.816. The van der Waals surface area contributed by atoms with E-state index in [4.69, 9.17) is 4.74 Å². The van der Waals surface area contributed by atoms with Gasteiger partial charge < -0.3 is 10.1 Å². The minimum atomic E-state index is -0.428. The first kappa shape index (κ1) is 12.5. The Kier molecular flexibility index (Phi) is 3.60. The molecule has 0 unspecified atom stereocenters. The highest BCUT2D eigenvalue weighted by Gasteiger charge is 2.40. The molecule has 1 amide bonds. The van der Waals surface area contributed by atoms with Crippen molar-refractivity contribution in [2.45, 2.75) is 13.3 Å². The molecule has 2 atom stereocenters. The second-order valence-electron chi connectivity index (χ2n) is 4.48. The Balaban J connectivity index is 1.75. The van der Waals surface area contributed by atoms with Crippen LogP contribution in [0, 0.1) is 17.7 Å². The quantitative estimate of drug-likeness (QED) is 0.832. The first-order valence-electron chi connectivity index (χ1n) is 5.78.